The predicted octanol–water partition coefficient (Wildman–Crippen LogP) is 5.94. The third-order valence-electron chi connectivity index (χ3n) is 4.28. The summed E-state index contributed by atoms with van der Waals surface area (Å²) < 4.78 is 9.35. The molecule has 1 aromatic heterocycles. The molecule has 0 amide bonds. The van der Waals surface area contributed by atoms with Gasteiger partial charge < -0.3 is 4.74 Å². The monoisotopic (exact) mass is 436 g/mol. The Hall–Kier alpha value is -1.66. The van der Waals surface area contributed by atoms with Gasteiger partial charge in [0.2, 0.25) is 0 Å². The maximum Gasteiger partial charge on any atom is 0.329 e. The second-order valence-electron chi connectivity index (χ2n) is 6.74. The average molecular weight is 437 g/mol. The highest BCUT2D eigenvalue weighted by Gasteiger charge is 2.21. The fourth-order valence-corrected chi connectivity index (χ4v) is 4.86. The van der Waals surface area contributed by atoms with E-state index in [0.717, 1.165) is 21.2 Å². The molecule has 0 aliphatic carbocycles. The zero-order valence-corrected chi connectivity index (χ0v) is 18.3. The normalized spacial score (nSPS) is 11.4. The lowest BCUT2D eigenvalue weighted by molar-refractivity contribution is 0.101. The largest absolute Gasteiger partial charge is 0.370 e. The van der Waals surface area contributed by atoms with Crippen molar-refractivity contribution in [2.45, 2.75) is 43.0 Å². The molecule has 4 nitrogen and oxygen atoms in total. The fourth-order valence-electron chi connectivity index (χ4n) is 2.91. The molecular weight excluding hydrogens is 415 g/mol. The molecule has 0 aliphatic heterocycles. The van der Waals surface area contributed by atoms with Gasteiger partial charge in [-0.05, 0) is 37.6 Å². The van der Waals surface area contributed by atoms with Crippen LogP contribution in [-0.4, -0.2) is 9.13 Å². The lowest BCUT2D eigenvalue weighted by Gasteiger charge is -2.13. The molecule has 1 heterocycles. The number of rotatable bonds is 7. The first-order chi connectivity index (χ1) is 13.4. The van der Waals surface area contributed by atoms with Crippen molar-refractivity contribution >= 4 is 35.0 Å². The number of hydrogen-bond donors (Lipinski definition) is 0. The molecule has 0 unspecified atom stereocenters. The molecule has 148 valence electrons. The molecule has 0 aliphatic rings. The Morgan fingerprint density at radius 2 is 1.68 bits per heavy atom. The van der Waals surface area contributed by atoms with Crippen molar-refractivity contribution in [2.75, 3.05) is 0 Å². The summed E-state index contributed by atoms with van der Waals surface area (Å²) >= 11 is 13.8. The van der Waals surface area contributed by atoms with Crippen LogP contribution < -0.4 is 5.69 Å². The second-order valence-corrected chi connectivity index (χ2v) is 8.68. The minimum atomic E-state index is -0.0658. The maximum absolute atomic E-state index is 12.8. The first-order valence-corrected chi connectivity index (χ1v) is 10.5. The quantitative estimate of drug-likeness (QED) is 0.459. The predicted molar refractivity (Wildman–Crippen MR) is 116 cm³/mol. The standard InChI is InChI=1S/C21H22Cl2N2O2S/c1-14(2)25-20(28-18-10-16(22)9-17(23)11-18)19(24(3)21(25)26)13-27-12-15-7-5-4-6-8-15/h4-11,14H,12-13H2,1-3H3. The SMILES string of the molecule is CC(C)n1c(Sc2cc(Cl)cc(Cl)c2)c(COCc2ccccc2)n(C)c1=O. The van der Waals surface area contributed by atoms with E-state index < -0.39 is 0 Å². The lowest BCUT2D eigenvalue weighted by atomic mass is 10.2. The van der Waals surface area contributed by atoms with Crippen molar-refractivity contribution in [3.05, 3.63) is 80.3 Å². The third kappa shape index (κ3) is 4.84. The molecule has 0 saturated heterocycles. The second kappa shape index (κ2) is 9.23. The number of imidazole rings is 1. The first-order valence-electron chi connectivity index (χ1n) is 8.92. The van der Waals surface area contributed by atoms with Crippen molar-refractivity contribution in [3.63, 3.8) is 0 Å². The summed E-state index contributed by atoms with van der Waals surface area (Å²) in [6, 6.07) is 15.4. The Kier molecular flexibility index (Phi) is 6.94. The van der Waals surface area contributed by atoms with Crippen LogP contribution in [0.4, 0.5) is 0 Å². The van der Waals surface area contributed by atoms with E-state index in [9.17, 15) is 4.79 Å². The molecule has 2 aromatic carbocycles. The summed E-state index contributed by atoms with van der Waals surface area (Å²) in [6.07, 6.45) is 0. The van der Waals surface area contributed by atoms with Gasteiger partial charge in [-0.1, -0.05) is 65.3 Å². The highest BCUT2D eigenvalue weighted by atomic mass is 35.5. The summed E-state index contributed by atoms with van der Waals surface area (Å²) in [5, 5.41) is 1.96. The summed E-state index contributed by atoms with van der Waals surface area (Å²) in [7, 11) is 1.78. The lowest BCUT2D eigenvalue weighted by Crippen LogP contribution is -2.24. The number of benzene rings is 2. The van der Waals surface area contributed by atoms with Crippen LogP contribution >= 0.6 is 35.0 Å². The van der Waals surface area contributed by atoms with Crippen LogP contribution in [0.2, 0.25) is 10.0 Å². The van der Waals surface area contributed by atoms with Gasteiger partial charge in [0.1, 0.15) is 5.03 Å². The van der Waals surface area contributed by atoms with Gasteiger partial charge in [0.15, 0.2) is 0 Å². The first kappa shape index (κ1) is 21.1. The average Bonchev–Trinajstić information content (AvgIpc) is 2.86. The zero-order valence-electron chi connectivity index (χ0n) is 16.0. The summed E-state index contributed by atoms with van der Waals surface area (Å²) in [5.74, 6) is 0. The number of halogens is 2. The van der Waals surface area contributed by atoms with E-state index in [1.807, 2.05) is 56.3 Å². The molecule has 0 spiro atoms. The highest BCUT2D eigenvalue weighted by molar-refractivity contribution is 7.99. The Bertz CT molecular complexity index is 993. The van der Waals surface area contributed by atoms with Crippen molar-refractivity contribution in [1.82, 2.24) is 9.13 Å². The number of nitrogens with zero attached hydrogens (tertiary/aromatic N) is 2. The van der Waals surface area contributed by atoms with Crippen LogP contribution in [0.5, 0.6) is 0 Å². The van der Waals surface area contributed by atoms with Gasteiger partial charge in [-0.2, -0.15) is 0 Å². The minimum absolute atomic E-state index is 0.0127. The summed E-state index contributed by atoms with van der Waals surface area (Å²) in [6.45, 7) is 4.79. The van der Waals surface area contributed by atoms with E-state index in [1.54, 1.807) is 22.2 Å². The molecule has 0 N–H and O–H groups in total. The molecule has 0 fully saturated rings. The van der Waals surface area contributed by atoms with E-state index >= 15 is 0 Å². The van der Waals surface area contributed by atoms with Crippen molar-refractivity contribution in [2.24, 2.45) is 7.05 Å². The highest BCUT2D eigenvalue weighted by Crippen LogP contribution is 2.35. The smallest absolute Gasteiger partial charge is 0.329 e. The number of hydrogen-bond acceptors (Lipinski definition) is 3. The summed E-state index contributed by atoms with van der Waals surface area (Å²) in [4.78, 5) is 13.7. The van der Waals surface area contributed by atoms with Crippen molar-refractivity contribution in [1.29, 1.82) is 0 Å². The number of ether oxygens (including phenoxy) is 1. The Morgan fingerprint density at radius 1 is 1.04 bits per heavy atom. The summed E-state index contributed by atoms with van der Waals surface area (Å²) in [5.41, 5.74) is 1.85. The van der Waals surface area contributed by atoms with Crippen molar-refractivity contribution in [3.8, 4) is 0 Å². The molecule has 7 heteroatoms. The van der Waals surface area contributed by atoms with E-state index in [0.29, 0.717) is 23.3 Å². The molecule has 0 bridgehead atoms. The van der Waals surface area contributed by atoms with E-state index in [1.165, 1.54) is 11.8 Å². The van der Waals surface area contributed by atoms with Crippen LogP contribution in [0.1, 0.15) is 31.1 Å². The van der Waals surface area contributed by atoms with E-state index in [4.69, 9.17) is 27.9 Å². The van der Waals surface area contributed by atoms with Gasteiger partial charge in [0, 0.05) is 28.0 Å². The molecule has 0 saturated carbocycles. The minimum Gasteiger partial charge on any atom is -0.370 e. The van der Waals surface area contributed by atoms with Crippen LogP contribution in [0, 0.1) is 0 Å². The molecular formula is C21H22Cl2N2O2S. The van der Waals surface area contributed by atoms with Gasteiger partial charge in [-0.15, -0.1) is 0 Å². The van der Waals surface area contributed by atoms with Crippen LogP contribution in [0.3, 0.4) is 0 Å². The van der Waals surface area contributed by atoms with E-state index in [2.05, 4.69) is 0 Å². The van der Waals surface area contributed by atoms with E-state index in [-0.39, 0.29) is 11.7 Å². The van der Waals surface area contributed by atoms with Gasteiger partial charge in [0.25, 0.3) is 0 Å². The number of aromatic nitrogens is 2. The van der Waals surface area contributed by atoms with Gasteiger partial charge in [0.05, 0.1) is 18.9 Å². The van der Waals surface area contributed by atoms with Crippen LogP contribution in [0.15, 0.2) is 63.2 Å². The molecule has 3 aromatic rings. The van der Waals surface area contributed by atoms with Gasteiger partial charge in [-0.25, -0.2) is 4.79 Å². The van der Waals surface area contributed by atoms with Crippen LogP contribution in [0.25, 0.3) is 0 Å². The van der Waals surface area contributed by atoms with Gasteiger partial charge >= 0.3 is 5.69 Å². The van der Waals surface area contributed by atoms with Crippen LogP contribution in [-0.2, 0) is 25.0 Å². The third-order valence-corrected chi connectivity index (χ3v) is 5.81. The Balaban J connectivity index is 1.92. The van der Waals surface area contributed by atoms with Gasteiger partial charge in [-0.3, -0.25) is 9.13 Å². The topological polar surface area (TPSA) is 36.2 Å². The maximum atomic E-state index is 12.8. The molecule has 0 radical (unpaired) electrons. The molecule has 3 rings (SSSR count). The molecule has 28 heavy (non-hydrogen) atoms. The Labute approximate surface area is 179 Å². The van der Waals surface area contributed by atoms with Crippen molar-refractivity contribution < 1.29 is 4.74 Å². The molecule has 0 atom stereocenters. The zero-order chi connectivity index (χ0) is 20.3. The fraction of sp³-hybridized carbons (Fsp3) is 0.286. The Morgan fingerprint density at radius 3 is 2.29 bits per heavy atom.